The van der Waals surface area contributed by atoms with E-state index in [2.05, 4.69) is 15.3 Å². The molecule has 0 amide bonds. The largest absolute Gasteiger partial charge is 0.375 e. The molecule has 21 heavy (non-hydrogen) atoms. The van der Waals surface area contributed by atoms with Gasteiger partial charge in [0, 0.05) is 18.2 Å². The number of thiazole rings is 1. The Morgan fingerprint density at radius 1 is 1.52 bits per heavy atom. The van der Waals surface area contributed by atoms with Crippen molar-refractivity contribution in [1.29, 1.82) is 0 Å². The van der Waals surface area contributed by atoms with E-state index in [1.165, 1.54) is 5.56 Å². The van der Waals surface area contributed by atoms with Gasteiger partial charge in [-0.1, -0.05) is 12.1 Å². The van der Waals surface area contributed by atoms with E-state index in [1.54, 1.807) is 18.4 Å². The van der Waals surface area contributed by atoms with Gasteiger partial charge < -0.3 is 15.8 Å². The molecule has 2 aromatic rings. The average molecular weight is 304 g/mol. The van der Waals surface area contributed by atoms with Crippen molar-refractivity contribution >= 4 is 23.0 Å². The Balaban J connectivity index is 1.95. The van der Waals surface area contributed by atoms with E-state index in [-0.39, 0.29) is 6.10 Å². The first-order valence-corrected chi connectivity index (χ1v) is 7.57. The molecule has 0 bridgehead atoms. The van der Waals surface area contributed by atoms with Crippen LogP contribution in [0.25, 0.3) is 0 Å². The Morgan fingerprint density at radius 3 is 3.05 bits per heavy atom. The van der Waals surface area contributed by atoms with Crippen LogP contribution in [0.15, 0.2) is 34.6 Å². The maximum Gasteiger partial charge on any atom is 0.193 e. The van der Waals surface area contributed by atoms with Gasteiger partial charge in [-0.2, -0.15) is 0 Å². The fraction of sp³-hybridized carbons (Fsp3) is 0.333. The molecule has 0 aliphatic rings. The minimum Gasteiger partial charge on any atom is -0.375 e. The number of ether oxygens (including phenoxy) is 1. The zero-order valence-corrected chi connectivity index (χ0v) is 13.3. The third kappa shape index (κ3) is 4.54. The Hall–Kier alpha value is -1.92. The number of nitrogens with one attached hydrogen (secondary N) is 1. The molecule has 0 saturated carbocycles. The molecule has 1 atom stereocenters. The van der Waals surface area contributed by atoms with Crippen molar-refractivity contribution in [2.24, 2.45) is 10.7 Å². The summed E-state index contributed by atoms with van der Waals surface area (Å²) in [6.07, 6.45) is 0.00972. The molecule has 1 unspecified atom stereocenters. The topological polar surface area (TPSA) is 72.5 Å². The quantitative estimate of drug-likeness (QED) is 0.657. The van der Waals surface area contributed by atoms with Crippen LogP contribution < -0.4 is 11.1 Å². The number of nitrogens with zero attached hydrogens (tertiary/aromatic N) is 2. The molecule has 0 aliphatic carbocycles. The minimum atomic E-state index is 0.00972. The van der Waals surface area contributed by atoms with Crippen LogP contribution in [0, 0.1) is 6.92 Å². The van der Waals surface area contributed by atoms with Crippen LogP contribution >= 0.6 is 11.3 Å². The number of guanidine groups is 1. The second kappa shape index (κ2) is 7.19. The summed E-state index contributed by atoms with van der Waals surface area (Å²) in [6, 6.07) is 7.98. The molecule has 1 aromatic heterocycles. The van der Waals surface area contributed by atoms with Gasteiger partial charge in [-0.05, 0) is 31.5 Å². The number of rotatable bonds is 5. The molecule has 1 heterocycles. The molecule has 0 spiro atoms. The lowest BCUT2D eigenvalue weighted by atomic mass is 10.2. The molecule has 2 rings (SSSR count). The number of aryl methyl sites for hydroxylation is 1. The van der Waals surface area contributed by atoms with Crippen LogP contribution in [0.5, 0.6) is 0 Å². The third-order valence-corrected chi connectivity index (χ3v) is 4.03. The number of hydrogen-bond acceptors (Lipinski definition) is 4. The van der Waals surface area contributed by atoms with E-state index in [0.717, 1.165) is 16.4 Å². The minimum absolute atomic E-state index is 0.00972. The van der Waals surface area contributed by atoms with Crippen molar-refractivity contribution in [2.75, 3.05) is 12.4 Å². The highest BCUT2D eigenvalue weighted by Crippen LogP contribution is 2.20. The van der Waals surface area contributed by atoms with Gasteiger partial charge in [0.05, 0.1) is 12.2 Å². The smallest absolute Gasteiger partial charge is 0.193 e. The Labute approximate surface area is 128 Å². The molecular weight excluding hydrogens is 284 g/mol. The predicted molar refractivity (Wildman–Crippen MR) is 87.7 cm³/mol. The monoisotopic (exact) mass is 304 g/mol. The standard InChI is InChI=1S/C15H20N4OS/c1-10-5-4-6-12(7-10)19-15(16)17-8-13-9-21-14(18-13)11(2)20-3/h4-7,9,11H,8H2,1-3H3,(H3,16,17,19). The predicted octanol–water partition coefficient (Wildman–Crippen LogP) is 3.09. The molecule has 1 aromatic carbocycles. The van der Waals surface area contributed by atoms with Crippen molar-refractivity contribution in [3.63, 3.8) is 0 Å². The zero-order valence-electron chi connectivity index (χ0n) is 12.5. The van der Waals surface area contributed by atoms with E-state index in [1.807, 2.05) is 43.5 Å². The lowest BCUT2D eigenvalue weighted by Gasteiger charge is -2.06. The lowest BCUT2D eigenvalue weighted by molar-refractivity contribution is 0.119. The lowest BCUT2D eigenvalue weighted by Crippen LogP contribution is -2.22. The van der Waals surface area contributed by atoms with E-state index in [0.29, 0.717) is 12.5 Å². The second-order valence-corrected chi connectivity index (χ2v) is 5.64. The van der Waals surface area contributed by atoms with Crippen LogP contribution in [-0.4, -0.2) is 18.1 Å². The normalized spacial score (nSPS) is 13.2. The molecule has 5 nitrogen and oxygen atoms in total. The van der Waals surface area contributed by atoms with Crippen molar-refractivity contribution in [3.8, 4) is 0 Å². The summed E-state index contributed by atoms with van der Waals surface area (Å²) in [4.78, 5) is 8.78. The van der Waals surface area contributed by atoms with Crippen LogP contribution in [0.2, 0.25) is 0 Å². The third-order valence-electron chi connectivity index (χ3n) is 2.97. The highest BCUT2D eigenvalue weighted by atomic mass is 32.1. The first kappa shape index (κ1) is 15.5. The number of methoxy groups -OCH3 is 1. The van der Waals surface area contributed by atoms with Gasteiger partial charge in [0.25, 0.3) is 0 Å². The van der Waals surface area contributed by atoms with Crippen molar-refractivity contribution in [3.05, 3.63) is 45.9 Å². The summed E-state index contributed by atoms with van der Waals surface area (Å²) in [5, 5.41) is 6.00. The summed E-state index contributed by atoms with van der Waals surface area (Å²) < 4.78 is 5.24. The van der Waals surface area contributed by atoms with Gasteiger partial charge in [0.1, 0.15) is 11.1 Å². The Kier molecular flexibility index (Phi) is 5.30. The first-order valence-electron chi connectivity index (χ1n) is 6.69. The van der Waals surface area contributed by atoms with Gasteiger partial charge in [0.15, 0.2) is 5.96 Å². The molecule has 0 radical (unpaired) electrons. The van der Waals surface area contributed by atoms with Crippen LogP contribution in [0.1, 0.15) is 29.3 Å². The number of aliphatic imine (C=N–C) groups is 1. The van der Waals surface area contributed by atoms with Crippen LogP contribution in [-0.2, 0) is 11.3 Å². The van der Waals surface area contributed by atoms with Gasteiger partial charge in [-0.15, -0.1) is 11.3 Å². The summed E-state index contributed by atoms with van der Waals surface area (Å²) in [7, 11) is 1.67. The van der Waals surface area contributed by atoms with Crippen molar-refractivity contribution in [1.82, 2.24) is 4.98 Å². The molecular formula is C15H20N4OS. The highest BCUT2D eigenvalue weighted by molar-refractivity contribution is 7.09. The van der Waals surface area contributed by atoms with E-state index >= 15 is 0 Å². The summed E-state index contributed by atoms with van der Waals surface area (Å²) >= 11 is 1.57. The maximum absolute atomic E-state index is 5.89. The van der Waals surface area contributed by atoms with Gasteiger partial charge in [-0.3, -0.25) is 0 Å². The molecule has 0 fully saturated rings. The van der Waals surface area contributed by atoms with Crippen LogP contribution in [0.3, 0.4) is 0 Å². The number of anilines is 1. The zero-order chi connectivity index (χ0) is 15.2. The maximum atomic E-state index is 5.89. The SMILES string of the molecule is COC(C)c1nc(CN=C(N)Nc2cccc(C)c2)cs1. The van der Waals surface area contributed by atoms with E-state index in [9.17, 15) is 0 Å². The Morgan fingerprint density at radius 2 is 2.33 bits per heavy atom. The van der Waals surface area contributed by atoms with Crippen molar-refractivity contribution in [2.45, 2.75) is 26.5 Å². The highest BCUT2D eigenvalue weighted by Gasteiger charge is 2.08. The summed E-state index contributed by atoms with van der Waals surface area (Å²) in [5.41, 5.74) is 8.89. The number of aromatic nitrogens is 1. The molecule has 6 heteroatoms. The Bertz CT molecular complexity index is 624. The average Bonchev–Trinajstić information content (AvgIpc) is 2.93. The molecule has 3 N–H and O–H groups in total. The first-order chi connectivity index (χ1) is 10.1. The second-order valence-electron chi connectivity index (χ2n) is 4.75. The molecule has 0 saturated heterocycles. The number of nitrogens with two attached hydrogens (primary N) is 1. The van der Waals surface area contributed by atoms with Gasteiger partial charge in [0.2, 0.25) is 0 Å². The fourth-order valence-electron chi connectivity index (χ4n) is 1.76. The number of benzene rings is 1. The van der Waals surface area contributed by atoms with Crippen LogP contribution in [0.4, 0.5) is 5.69 Å². The van der Waals surface area contributed by atoms with Gasteiger partial charge in [-0.25, -0.2) is 9.98 Å². The van der Waals surface area contributed by atoms with E-state index in [4.69, 9.17) is 10.5 Å². The fourth-order valence-corrected chi connectivity index (χ4v) is 2.60. The summed E-state index contributed by atoms with van der Waals surface area (Å²) in [6.45, 7) is 4.46. The number of hydrogen-bond donors (Lipinski definition) is 2. The molecule has 0 aliphatic heterocycles. The van der Waals surface area contributed by atoms with Crippen molar-refractivity contribution < 1.29 is 4.74 Å². The molecule has 112 valence electrons. The van der Waals surface area contributed by atoms with E-state index < -0.39 is 0 Å². The summed E-state index contributed by atoms with van der Waals surface area (Å²) in [5.74, 6) is 0.384. The van der Waals surface area contributed by atoms with Gasteiger partial charge >= 0.3 is 0 Å².